The van der Waals surface area contributed by atoms with Crippen LogP contribution in [0.25, 0.3) is 11.4 Å². The summed E-state index contributed by atoms with van der Waals surface area (Å²) >= 11 is 0. The maximum atomic E-state index is 11.7. The second-order valence-corrected chi connectivity index (χ2v) is 5.19. The number of hydrogen-bond acceptors (Lipinski definition) is 6. The maximum absolute atomic E-state index is 11.7. The summed E-state index contributed by atoms with van der Waals surface area (Å²) in [4.78, 5) is 23.0. The molecule has 1 aromatic heterocycles. The zero-order valence-corrected chi connectivity index (χ0v) is 11.7. The van der Waals surface area contributed by atoms with Crippen molar-refractivity contribution < 1.29 is 9.72 Å². The zero-order valence-electron chi connectivity index (χ0n) is 11.7. The van der Waals surface area contributed by atoms with Crippen LogP contribution in [0.4, 0.5) is 5.69 Å². The van der Waals surface area contributed by atoms with Gasteiger partial charge in [-0.1, -0.05) is 0 Å². The highest BCUT2D eigenvalue weighted by Crippen LogP contribution is 2.27. The Hall–Kier alpha value is -2.84. The van der Waals surface area contributed by atoms with Crippen LogP contribution in [-0.4, -0.2) is 37.6 Å². The summed E-state index contributed by atoms with van der Waals surface area (Å²) in [5.74, 6) is 0.785. The molecule has 1 aliphatic rings. The molecule has 2 aromatic rings. The highest BCUT2D eigenvalue weighted by Gasteiger charge is 2.21. The van der Waals surface area contributed by atoms with E-state index in [4.69, 9.17) is 0 Å². The molecule has 1 amide bonds. The van der Waals surface area contributed by atoms with Crippen LogP contribution in [0.2, 0.25) is 0 Å². The van der Waals surface area contributed by atoms with Gasteiger partial charge in [-0.2, -0.15) is 4.80 Å². The van der Waals surface area contributed by atoms with Gasteiger partial charge in [0.05, 0.1) is 4.92 Å². The van der Waals surface area contributed by atoms with Crippen LogP contribution >= 0.6 is 0 Å². The molecule has 9 heteroatoms. The molecule has 1 aliphatic carbocycles. The highest BCUT2D eigenvalue weighted by atomic mass is 16.6. The van der Waals surface area contributed by atoms with Crippen molar-refractivity contribution in [1.29, 1.82) is 0 Å². The monoisotopic (exact) mass is 302 g/mol. The van der Waals surface area contributed by atoms with Gasteiger partial charge in [-0.15, -0.1) is 10.2 Å². The number of tetrazole rings is 1. The Morgan fingerprint density at radius 2 is 2.09 bits per heavy atom. The first-order chi connectivity index (χ1) is 10.6. The van der Waals surface area contributed by atoms with Gasteiger partial charge in [-0.3, -0.25) is 14.9 Å². The summed E-state index contributed by atoms with van der Waals surface area (Å²) in [5.41, 5.74) is 0.603. The number of nitro groups is 1. The lowest BCUT2D eigenvalue weighted by Gasteiger charge is -2.02. The molecule has 114 valence electrons. The predicted molar refractivity (Wildman–Crippen MR) is 75.6 cm³/mol. The third-order valence-electron chi connectivity index (χ3n) is 3.36. The lowest BCUT2D eigenvalue weighted by atomic mass is 10.2. The van der Waals surface area contributed by atoms with Gasteiger partial charge in [0.1, 0.15) is 6.54 Å². The van der Waals surface area contributed by atoms with Crippen molar-refractivity contribution in [3.8, 4) is 11.4 Å². The third-order valence-corrected chi connectivity index (χ3v) is 3.36. The van der Waals surface area contributed by atoms with Gasteiger partial charge in [-0.05, 0) is 36.1 Å². The van der Waals surface area contributed by atoms with Gasteiger partial charge in [-0.25, -0.2) is 0 Å². The molecule has 9 nitrogen and oxygen atoms in total. The van der Waals surface area contributed by atoms with E-state index in [1.54, 1.807) is 12.1 Å². The number of benzene rings is 1. The van der Waals surface area contributed by atoms with Crippen molar-refractivity contribution in [2.75, 3.05) is 6.54 Å². The van der Waals surface area contributed by atoms with Crippen molar-refractivity contribution >= 4 is 11.6 Å². The fourth-order valence-electron chi connectivity index (χ4n) is 1.92. The van der Waals surface area contributed by atoms with E-state index in [0.29, 0.717) is 23.9 Å². The lowest BCUT2D eigenvalue weighted by molar-refractivity contribution is -0.384. The standard InChI is InChI=1S/C13H14N6O3/c20-12(14-7-9-1-2-9)8-18-16-13(15-17-18)10-3-5-11(6-4-10)19(21)22/h3-6,9H,1-2,7-8H2,(H,14,20). The molecule has 0 atom stereocenters. The molecule has 0 radical (unpaired) electrons. The summed E-state index contributed by atoms with van der Waals surface area (Å²) in [6, 6.07) is 5.84. The van der Waals surface area contributed by atoms with Crippen LogP contribution in [0.1, 0.15) is 12.8 Å². The summed E-state index contributed by atoms with van der Waals surface area (Å²) in [6.07, 6.45) is 2.35. The summed E-state index contributed by atoms with van der Waals surface area (Å²) < 4.78 is 0. The molecule has 1 N–H and O–H groups in total. The van der Waals surface area contributed by atoms with E-state index in [-0.39, 0.29) is 18.1 Å². The average molecular weight is 302 g/mol. The van der Waals surface area contributed by atoms with Crippen molar-refractivity contribution in [2.24, 2.45) is 5.92 Å². The van der Waals surface area contributed by atoms with Crippen LogP contribution in [0.15, 0.2) is 24.3 Å². The summed E-state index contributed by atoms with van der Waals surface area (Å²) in [7, 11) is 0. The fourth-order valence-corrected chi connectivity index (χ4v) is 1.92. The molecule has 1 saturated carbocycles. The topological polar surface area (TPSA) is 116 Å². The number of nitrogens with one attached hydrogen (secondary N) is 1. The van der Waals surface area contributed by atoms with Crippen LogP contribution in [-0.2, 0) is 11.3 Å². The summed E-state index contributed by atoms with van der Waals surface area (Å²) in [5, 5.41) is 25.2. The Bertz CT molecular complexity index is 692. The van der Waals surface area contributed by atoms with E-state index in [9.17, 15) is 14.9 Å². The van der Waals surface area contributed by atoms with Gasteiger partial charge in [0.2, 0.25) is 11.7 Å². The zero-order chi connectivity index (χ0) is 15.5. The van der Waals surface area contributed by atoms with Crippen molar-refractivity contribution in [2.45, 2.75) is 19.4 Å². The third kappa shape index (κ3) is 3.43. The van der Waals surface area contributed by atoms with E-state index < -0.39 is 4.92 Å². The van der Waals surface area contributed by atoms with E-state index >= 15 is 0 Å². The number of non-ortho nitro benzene ring substituents is 1. The van der Waals surface area contributed by atoms with Gasteiger partial charge >= 0.3 is 0 Å². The molecule has 0 spiro atoms. The SMILES string of the molecule is O=C(Cn1nnc(-c2ccc([N+](=O)[O-])cc2)n1)NCC1CC1. The second-order valence-electron chi connectivity index (χ2n) is 5.19. The first-order valence-corrected chi connectivity index (χ1v) is 6.91. The number of amides is 1. The Morgan fingerprint density at radius 3 is 2.73 bits per heavy atom. The van der Waals surface area contributed by atoms with Gasteiger partial charge in [0.15, 0.2) is 0 Å². The Kier molecular flexibility index (Phi) is 3.77. The van der Waals surface area contributed by atoms with E-state index in [1.807, 2.05) is 0 Å². The molecule has 3 rings (SSSR count). The first-order valence-electron chi connectivity index (χ1n) is 6.91. The minimum Gasteiger partial charge on any atom is -0.354 e. The van der Waals surface area contributed by atoms with E-state index in [1.165, 1.54) is 29.8 Å². The number of carbonyl (C=O) groups is 1. The lowest BCUT2D eigenvalue weighted by Crippen LogP contribution is -2.30. The minimum atomic E-state index is -0.474. The predicted octanol–water partition coefficient (Wildman–Crippen LogP) is 0.774. The molecular formula is C13H14N6O3. The molecule has 0 unspecified atom stereocenters. The minimum absolute atomic E-state index is 0.00408. The van der Waals surface area contributed by atoms with Crippen LogP contribution < -0.4 is 5.32 Å². The normalized spacial score (nSPS) is 13.8. The molecule has 22 heavy (non-hydrogen) atoms. The van der Waals surface area contributed by atoms with Crippen LogP contribution in [0.3, 0.4) is 0 Å². The number of nitrogens with zero attached hydrogens (tertiary/aromatic N) is 5. The largest absolute Gasteiger partial charge is 0.354 e. The van der Waals surface area contributed by atoms with Crippen LogP contribution in [0, 0.1) is 16.0 Å². The molecule has 1 aromatic carbocycles. The Labute approximate surface area is 125 Å². The molecule has 0 aliphatic heterocycles. The quantitative estimate of drug-likeness (QED) is 0.622. The van der Waals surface area contributed by atoms with Crippen molar-refractivity contribution in [1.82, 2.24) is 25.5 Å². The van der Waals surface area contributed by atoms with E-state index in [0.717, 1.165) is 0 Å². The van der Waals surface area contributed by atoms with Crippen LogP contribution in [0.5, 0.6) is 0 Å². The van der Waals surface area contributed by atoms with Crippen molar-refractivity contribution in [3.05, 3.63) is 34.4 Å². The molecule has 0 saturated heterocycles. The van der Waals surface area contributed by atoms with Gasteiger partial charge in [0.25, 0.3) is 5.69 Å². The fraction of sp³-hybridized carbons (Fsp3) is 0.385. The Morgan fingerprint density at radius 1 is 1.36 bits per heavy atom. The first kappa shape index (κ1) is 14.1. The van der Waals surface area contributed by atoms with Gasteiger partial charge < -0.3 is 5.32 Å². The van der Waals surface area contributed by atoms with Crippen molar-refractivity contribution in [3.63, 3.8) is 0 Å². The Balaban J connectivity index is 1.62. The number of aromatic nitrogens is 4. The van der Waals surface area contributed by atoms with E-state index in [2.05, 4.69) is 20.7 Å². The molecule has 1 fully saturated rings. The number of hydrogen-bond donors (Lipinski definition) is 1. The number of nitro benzene ring substituents is 1. The molecule has 0 bridgehead atoms. The maximum Gasteiger partial charge on any atom is 0.269 e. The highest BCUT2D eigenvalue weighted by molar-refractivity contribution is 5.75. The number of carbonyl (C=O) groups excluding carboxylic acids is 1. The van der Waals surface area contributed by atoms with Gasteiger partial charge in [0, 0.05) is 24.2 Å². The number of rotatable bonds is 6. The summed E-state index contributed by atoms with van der Waals surface area (Å²) in [6.45, 7) is 0.704. The average Bonchev–Trinajstić information content (AvgIpc) is 3.23. The molecule has 1 heterocycles. The smallest absolute Gasteiger partial charge is 0.269 e. The second kappa shape index (κ2) is 5.88. The molecular weight excluding hydrogens is 288 g/mol.